The van der Waals surface area contributed by atoms with Crippen LogP contribution in [0.5, 0.6) is 5.75 Å². The molecule has 0 atom stereocenters. The minimum absolute atomic E-state index is 0.358. The fourth-order valence-electron chi connectivity index (χ4n) is 1.89. The van der Waals surface area contributed by atoms with Gasteiger partial charge in [-0.1, -0.05) is 0 Å². The van der Waals surface area contributed by atoms with Crippen LogP contribution in [0.15, 0.2) is 21.3 Å². The van der Waals surface area contributed by atoms with Gasteiger partial charge in [-0.15, -0.1) is 0 Å². The van der Waals surface area contributed by atoms with Crippen LogP contribution in [0.4, 0.5) is 0 Å². The van der Waals surface area contributed by atoms with Crippen molar-refractivity contribution in [2.45, 2.75) is 27.7 Å². The predicted molar refractivity (Wildman–Crippen MR) is 68.0 cm³/mol. The molecule has 0 fully saturated rings. The molecule has 0 saturated heterocycles. The number of rotatable bonds is 1. The number of esters is 1. The summed E-state index contributed by atoms with van der Waals surface area (Å²) in [7, 11) is 0. The molecule has 1 aromatic heterocycles. The van der Waals surface area contributed by atoms with Gasteiger partial charge in [0, 0.05) is 23.4 Å². The Morgan fingerprint density at radius 3 is 2.39 bits per heavy atom. The van der Waals surface area contributed by atoms with Gasteiger partial charge in [-0.25, -0.2) is 4.79 Å². The lowest BCUT2D eigenvalue weighted by molar-refractivity contribution is -0.131. The molecule has 1 aromatic carbocycles. The molecule has 0 saturated carbocycles. The molecule has 94 valence electrons. The molecular formula is C14H14O4. The molecule has 0 aliphatic carbocycles. The zero-order chi connectivity index (χ0) is 13.4. The molecule has 0 amide bonds. The summed E-state index contributed by atoms with van der Waals surface area (Å²) in [6, 6.07) is 3.51. The molecule has 2 rings (SSSR count). The van der Waals surface area contributed by atoms with Crippen LogP contribution in [-0.4, -0.2) is 5.97 Å². The third-order valence-electron chi connectivity index (χ3n) is 3.08. The fraction of sp³-hybridized carbons (Fsp3) is 0.286. The lowest BCUT2D eigenvalue weighted by Crippen LogP contribution is -2.07. The average Bonchev–Trinajstić information content (AvgIpc) is 2.30. The summed E-state index contributed by atoms with van der Waals surface area (Å²) in [5.74, 6) is 0.0185. The van der Waals surface area contributed by atoms with Crippen LogP contribution in [0.1, 0.15) is 23.6 Å². The second kappa shape index (κ2) is 4.29. The van der Waals surface area contributed by atoms with Gasteiger partial charge in [0.1, 0.15) is 11.3 Å². The number of ether oxygens (including phenoxy) is 1. The van der Waals surface area contributed by atoms with E-state index >= 15 is 0 Å². The molecule has 0 spiro atoms. The van der Waals surface area contributed by atoms with Gasteiger partial charge in [0.2, 0.25) is 0 Å². The summed E-state index contributed by atoms with van der Waals surface area (Å²) in [5.41, 5.74) is 2.26. The van der Waals surface area contributed by atoms with Crippen molar-refractivity contribution < 1.29 is 13.9 Å². The first kappa shape index (κ1) is 12.4. The summed E-state index contributed by atoms with van der Waals surface area (Å²) in [4.78, 5) is 22.6. The normalized spacial score (nSPS) is 10.7. The molecule has 18 heavy (non-hydrogen) atoms. The Kier molecular flexibility index (Phi) is 2.95. The van der Waals surface area contributed by atoms with E-state index in [1.807, 2.05) is 6.92 Å². The third kappa shape index (κ3) is 1.90. The fourth-order valence-corrected chi connectivity index (χ4v) is 1.89. The Bertz CT molecular complexity index is 695. The van der Waals surface area contributed by atoms with Crippen LogP contribution < -0.4 is 10.4 Å². The second-order valence-electron chi connectivity index (χ2n) is 4.30. The maximum absolute atomic E-state index is 11.7. The Balaban J connectivity index is 2.79. The van der Waals surface area contributed by atoms with Crippen molar-refractivity contribution in [3.05, 3.63) is 39.2 Å². The lowest BCUT2D eigenvalue weighted by atomic mass is 10.0. The van der Waals surface area contributed by atoms with Crippen molar-refractivity contribution >= 4 is 16.9 Å². The molecule has 4 heteroatoms. The highest BCUT2D eigenvalue weighted by molar-refractivity contribution is 5.86. The van der Waals surface area contributed by atoms with Crippen molar-refractivity contribution in [1.29, 1.82) is 0 Å². The SMILES string of the molecule is CC(=O)Oc1ccc2c(C)c(C)c(=O)oc2c1C. The van der Waals surface area contributed by atoms with Gasteiger partial charge in [0.15, 0.2) is 0 Å². The Morgan fingerprint density at radius 1 is 1.11 bits per heavy atom. The number of benzene rings is 1. The number of fused-ring (bicyclic) bond motifs is 1. The summed E-state index contributed by atoms with van der Waals surface area (Å²) >= 11 is 0. The highest BCUT2D eigenvalue weighted by Crippen LogP contribution is 2.29. The van der Waals surface area contributed by atoms with Gasteiger partial charge in [0.05, 0.1) is 0 Å². The van der Waals surface area contributed by atoms with Crippen LogP contribution >= 0.6 is 0 Å². The molecule has 4 nitrogen and oxygen atoms in total. The molecular weight excluding hydrogens is 232 g/mol. The van der Waals surface area contributed by atoms with Crippen LogP contribution in [0, 0.1) is 20.8 Å². The Labute approximate surface area is 104 Å². The molecule has 0 aliphatic rings. The Hall–Kier alpha value is -2.10. The summed E-state index contributed by atoms with van der Waals surface area (Å²) in [5, 5.41) is 0.862. The smallest absolute Gasteiger partial charge is 0.339 e. The van der Waals surface area contributed by atoms with Gasteiger partial charge in [-0.3, -0.25) is 4.79 Å². The molecule has 0 aliphatic heterocycles. The van der Waals surface area contributed by atoms with Crippen molar-refractivity contribution in [1.82, 2.24) is 0 Å². The van der Waals surface area contributed by atoms with E-state index in [0.717, 1.165) is 10.9 Å². The highest BCUT2D eigenvalue weighted by Gasteiger charge is 2.13. The van der Waals surface area contributed by atoms with Crippen LogP contribution in [-0.2, 0) is 4.79 Å². The van der Waals surface area contributed by atoms with Crippen molar-refractivity contribution in [3.8, 4) is 5.75 Å². The first-order valence-corrected chi connectivity index (χ1v) is 5.64. The molecule has 0 N–H and O–H groups in total. The number of carbonyl (C=O) groups is 1. The molecule has 0 unspecified atom stereocenters. The van der Waals surface area contributed by atoms with Gasteiger partial charge >= 0.3 is 11.6 Å². The quantitative estimate of drug-likeness (QED) is 0.441. The van der Waals surface area contributed by atoms with Gasteiger partial charge in [-0.2, -0.15) is 0 Å². The van der Waals surface area contributed by atoms with Gasteiger partial charge < -0.3 is 9.15 Å². The monoisotopic (exact) mass is 246 g/mol. The summed E-state index contributed by atoms with van der Waals surface area (Å²) in [6.45, 7) is 6.70. The van der Waals surface area contributed by atoms with E-state index in [4.69, 9.17) is 9.15 Å². The van der Waals surface area contributed by atoms with E-state index in [1.54, 1.807) is 26.0 Å². The van der Waals surface area contributed by atoms with E-state index in [-0.39, 0.29) is 5.63 Å². The molecule has 1 heterocycles. The van der Waals surface area contributed by atoms with E-state index < -0.39 is 5.97 Å². The van der Waals surface area contributed by atoms with Crippen LogP contribution in [0.25, 0.3) is 11.0 Å². The Morgan fingerprint density at radius 2 is 1.78 bits per heavy atom. The van der Waals surface area contributed by atoms with E-state index in [1.165, 1.54) is 6.92 Å². The first-order valence-electron chi connectivity index (χ1n) is 5.64. The van der Waals surface area contributed by atoms with Crippen molar-refractivity contribution in [2.24, 2.45) is 0 Å². The number of carbonyl (C=O) groups excluding carboxylic acids is 1. The minimum Gasteiger partial charge on any atom is -0.426 e. The van der Waals surface area contributed by atoms with Crippen LogP contribution in [0.2, 0.25) is 0 Å². The number of hydrogen-bond acceptors (Lipinski definition) is 4. The lowest BCUT2D eigenvalue weighted by Gasteiger charge is -2.10. The zero-order valence-corrected chi connectivity index (χ0v) is 10.8. The molecule has 2 aromatic rings. The van der Waals surface area contributed by atoms with Crippen molar-refractivity contribution in [3.63, 3.8) is 0 Å². The van der Waals surface area contributed by atoms with Crippen molar-refractivity contribution in [2.75, 3.05) is 0 Å². The average molecular weight is 246 g/mol. The minimum atomic E-state index is -0.399. The molecule has 0 bridgehead atoms. The maximum atomic E-state index is 11.7. The summed E-state index contributed by atoms with van der Waals surface area (Å²) in [6.07, 6.45) is 0. The first-order chi connectivity index (χ1) is 8.41. The third-order valence-corrected chi connectivity index (χ3v) is 3.08. The topological polar surface area (TPSA) is 56.5 Å². The standard InChI is InChI=1S/C14H14O4/c1-7-8(2)14(16)18-13-9(3)12(17-10(4)15)6-5-11(7)13/h5-6H,1-4H3. The number of hydrogen-bond donors (Lipinski definition) is 0. The second-order valence-corrected chi connectivity index (χ2v) is 4.30. The maximum Gasteiger partial charge on any atom is 0.339 e. The van der Waals surface area contributed by atoms with Gasteiger partial charge in [-0.05, 0) is 38.5 Å². The predicted octanol–water partition coefficient (Wildman–Crippen LogP) is 2.64. The summed E-state index contributed by atoms with van der Waals surface area (Å²) < 4.78 is 10.3. The van der Waals surface area contributed by atoms with E-state index in [9.17, 15) is 9.59 Å². The zero-order valence-electron chi connectivity index (χ0n) is 10.8. The van der Waals surface area contributed by atoms with Gasteiger partial charge in [0.25, 0.3) is 0 Å². The van der Waals surface area contributed by atoms with Crippen LogP contribution in [0.3, 0.4) is 0 Å². The number of aryl methyl sites for hydroxylation is 2. The largest absolute Gasteiger partial charge is 0.426 e. The molecule has 0 radical (unpaired) electrons. The van der Waals surface area contributed by atoms with E-state index in [0.29, 0.717) is 22.5 Å². The van der Waals surface area contributed by atoms with E-state index in [2.05, 4.69) is 0 Å². The highest BCUT2D eigenvalue weighted by atomic mass is 16.5.